The van der Waals surface area contributed by atoms with Gasteiger partial charge in [-0.3, -0.25) is 9.80 Å². The lowest BCUT2D eigenvalue weighted by atomic mass is 9.87. The Morgan fingerprint density at radius 3 is 2.54 bits per heavy atom. The molecule has 0 spiro atoms. The molecule has 5 aliphatic heterocycles. The predicted octanol–water partition coefficient (Wildman–Crippen LogP) is 5.14. The topological polar surface area (TPSA) is 101 Å². The first kappa shape index (κ1) is 33.8. The Labute approximate surface area is 300 Å². The van der Waals surface area contributed by atoms with Gasteiger partial charge < -0.3 is 24.2 Å². The quantitative estimate of drug-likeness (QED) is 0.187. The maximum absolute atomic E-state index is 14.9. The molecule has 11 nitrogen and oxygen atoms in total. The second-order valence-electron chi connectivity index (χ2n) is 14.2. The number of hydrogen-bond donors (Lipinski definition) is 1. The Kier molecular flexibility index (Phi) is 9.93. The normalized spacial score (nSPS) is 24.7. The molecule has 13 heteroatoms. The number of hydrogen-bond acceptors (Lipinski definition) is 10. The van der Waals surface area contributed by atoms with E-state index in [4.69, 9.17) is 19.2 Å². The van der Waals surface area contributed by atoms with Crippen molar-refractivity contribution in [3.8, 4) is 22.8 Å². The van der Waals surface area contributed by atoms with Crippen LogP contribution in [0.2, 0.25) is 0 Å². The van der Waals surface area contributed by atoms with Crippen LogP contribution >= 0.6 is 15.9 Å². The Morgan fingerprint density at radius 2 is 1.82 bits per heavy atom. The van der Waals surface area contributed by atoms with Crippen molar-refractivity contribution < 1.29 is 23.7 Å². The fourth-order valence-electron chi connectivity index (χ4n) is 8.27. The highest BCUT2D eigenvalue weighted by atomic mass is 79.9. The minimum absolute atomic E-state index is 0.119. The largest absolute Gasteiger partial charge is 0.492 e. The minimum atomic E-state index is -1.14. The first-order valence-electron chi connectivity index (χ1n) is 17.8. The predicted molar refractivity (Wildman–Crippen MR) is 191 cm³/mol. The van der Waals surface area contributed by atoms with E-state index in [0.29, 0.717) is 42.2 Å². The molecule has 266 valence electrons. The molecule has 5 fully saturated rings. The van der Waals surface area contributed by atoms with E-state index >= 15 is 0 Å². The first-order valence-corrected chi connectivity index (χ1v) is 18.6. The summed E-state index contributed by atoms with van der Waals surface area (Å²) in [7, 11) is 1.64. The van der Waals surface area contributed by atoms with Crippen LogP contribution in [0.4, 0.5) is 10.2 Å². The van der Waals surface area contributed by atoms with E-state index in [1.54, 1.807) is 17.8 Å². The van der Waals surface area contributed by atoms with Crippen LogP contribution in [0.5, 0.6) is 11.6 Å². The standard InChI is InChI=1S/C37H45BrFN7O4/c1-48-36-7-2-24(15-41-36)18-45-29-13-30(45)20-43(19-29)35-6-3-25(16-40-35)33-14-32(21-46-37(33)34(38)17-42-46)50-11-9-26(39)12-31(47)8-10-44-27-4-5-28(44)23-49-22-27/h2-3,6-7,14-17,21,26-31,47H,4-5,8-13,18-20,22-23H2,1H3. The van der Waals surface area contributed by atoms with E-state index in [1.807, 2.05) is 30.7 Å². The van der Waals surface area contributed by atoms with Crippen LogP contribution in [0.1, 0.15) is 44.1 Å². The molecule has 6 atom stereocenters. The fraction of sp³-hybridized carbons (Fsp3) is 0.541. The monoisotopic (exact) mass is 749 g/mol. The molecule has 4 aromatic rings. The lowest BCUT2D eigenvalue weighted by Crippen LogP contribution is -2.68. The van der Waals surface area contributed by atoms with Gasteiger partial charge in [-0.1, -0.05) is 6.07 Å². The van der Waals surface area contributed by atoms with Crippen LogP contribution < -0.4 is 14.4 Å². The second-order valence-corrected chi connectivity index (χ2v) is 15.0. The van der Waals surface area contributed by atoms with Crippen molar-refractivity contribution in [1.29, 1.82) is 0 Å². The molecule has 0 aromatic carbocycles. The molecule has 0 radical (unpaired) electrons. The number of fused-ring (bicyclic) bond motifs is 5. The molecule has 50 heavy (non-hydrogen) atoms. The molecule has 0 saturated carbocycles. The van der Waals surface area contributed by atoms with Crippen LogP contribution in [-0.2, 0) is 11.3 Å². The van der Waals surface area contributed by atoms with Crippen LogP contribution in [-0.4, -0.2) is 117 Å². The Bertz CT molecular complexity index is 1730. The van der Waals surface area contributed by atoms with Gasteiger partial charge in [0, 0.05) is 92.8 Å². The van der Waals surface area contributed by atoms with Gasteiger partial charge in [0.25, 0.3) is 0 Å². The van der Waals surface area contributed by atoms with Crippen LogP contribution in [0.25, 0.3) is 16.6 Å². The summed E-state index contributed by atoms with van der Waals surface area (Å²) in [6, 6.07) is 12.1. The van der Waals surface area contributed by atoms with E-state index in [2.05, 4.69) is 58.9 Å². The van der Waals surface area contributed by atoms with Crippen molar-refractivity contribution in [3.05, 3.63) is 65.2 Å². The van der Waals surface area contributed by atoms with Crippen molar-refractivity contribution in [3.63, 3.8) is 0 Å². The summed E-state index contributed by atoms with van der Waals surface area (Å²) in [5.74, 6) is 2.21. The number of ether oxygens (including phenoxy) is 3. The highest BCUT2D eigenvalue weighted by molar-refractivity contribution is 9.10. The number of aromatic nitrogens is 4. The summed E-state index contributed by atoms with van der Waals surface area (Å²) in [6.07, 6.45) is 10.0. The molecular formula is C37H45BrFN7O4. The van der Waals surface area contributed by atoms with Crippen molar-refractivity contribution in [2.75, 3.05) is 51.5 Å². The third-order valence-corrected chi connectivity index (χ3v) is 11.6. The number of morpholine rings is 1. The number of piperazine rings is 1. The van der Waals surface area contributed by atoms with Crippen LogP contribution in [0, 0.1) is 0 Å². The zero-order valence-corrected chi connectivity index (χ0v) is 30.0. The summed E-state index contributed by atoms with van der Waals surface area (Å²) < 4.78 is 34.5. The van der Waals surface area contributed by atoms with Gasteiger partial charge in [0.1, 0.15) is 17.7 Å². The zero-order chi connectivity index (χ0) is 34.2. The van der Waals surface area contributed by atoms with E-state index < -0.39 is 12.3 Å². The summed E-state index contributed by atoms with van der Waals surface area (Å²) in [5, 5.41) is 15.1. The number of anilines is 1. The first-order chi connectivity index (χ1) is 24.4. The molecule has 4 bridgehead atoms. The average molecular weight is 751 g/mol. The third-order valence-electron chi connectivity index (χ3n) is 11.0. The molecule has 9 rings (SSSR count). The Balaban J connectivity index is 0.858. The van der Waals surface area contributed by atoms with Crippen molar-refractivity contribution in [2.24, 2.45) is 0 Å². The van der Waals surface area contributed by atoms with E-state index in [1.165, 1.54) is 12.0 Å². The smallest absolute Gasteiger partial charge is 0.212 e. The number of halogens is 2. The van der Waals surface area contributed by atoms with E-state index in [0.717, 1.165) is 79.2 Å². The van der Waals surface area contributed by atoms with Gasteiger partial charge in [-0.05, 0) is 65.4 Å². The van der Waals surface area contributed by atoms with Gasteiger partial charge in [0.05, 0.1) is 55.4 Å². The SMILES string of the molecule is COc1ccc(CN2C3CC2CN(c2ccc(-c4cc(OCCC(F)CC(O)CCN5C6CCC5COC6)cn5ncc(Br)c45)cn2)C3)cn1. The van der Waals surface area contributed by atoms with Gasteiger partial charge in [0.15, 0.2) is 0 Å². The Morgan fingerprint density at radius 1 is 1.00 bits per heavy atom. The van der Waals surface area contributed by atoms with Crippen LogP contribution in [0.3, 0.4) is 0 Å². The molecule has 4 aromatic heterocycles. The minimum Gasteiger partial charge on any atom is -0.492 e. The lowest BCUT2D eigenvalue weighted by Gasteiger charge is -2.56. The Hall–Kier alpha value is -3.36. The number of aliphatic hydroxyl groups excluding tert-OH is 1. The maximum atomic E-state index is 14.9. The molecule has 0 aliphatic carbocycles. The summed E-state index contributed by atoms with van der Waals surface area (Å²) in [6.45, 7) is 5.31. The fourth-order valence-corrected chi connectivity index (χ4v) is 8.76. The van der Waals surface area contributed by atoms with Crippen LogP contribution in [0.15, 0.2) is 59.6 Å². The number of aliphatic hydroxyl groups is 1. The van der Waals surface area contributed by atoms with Crippen molar-refractivity contribution in [1.82, 2.24) is 29.4 Å². The summed E-state index contributed by atoms with van der Waals surface area (Å²) in [5.41, 5.74) is 3.98. The number of pyridine rings is 3. The molecular weight excluding hydrogens is 705 g/mol. The van der Waals surface area contributed by atoms with Gasteiger partial charge >= 0.3 is 0 Å². The highest BCUT2D eigenvalue weighted by Gasteiger charge is 2.44. The van der Waals surface area contributed by atoms with Gasteiger partial charge in [-0.15, -0.1) is 0 Å². The number of alkyl halides is 1. The molecule has 5 aliphatic rings. The summed E-state index contributed by atoms with van der Waals surface area (Å²) in [4.78, 5) is 16.7. The average Bonchev–Trinajstić information content (AvgIpc) is 3.62. The highest BCUT2D eigenvalue weighted by Crippen LogP contribution is 2.37. The molecule has 9 heterocycles. The van der Waals surface area contributed by atoms with Gasteiger partial charge in [-0.2, -0.15) is 5.10 Å². The maximum Gasteiger partial charge on any atom is 0.212 e. The molecule has 6 unspecified atom stereocenters. The number of nitrogens with zero attached hydrogens (tertiary/aromatic N) is 7. The van der Waals surface area contributed by atoms with Crippen molar-refractivity contribution >= 4 is 27.3 Å². The van der Waals surface area contributed by atoms with E-state index in [9.17, 15) is 9.50 Å². The second kappa shape index (κ2) is 14.7. The number of rotatable bonds is 14. The lowest BCUT2D eigenvalue weighted by molar-refractivity contribution is -0.0214. The van der Waals surface area contributed by atoms with E-state index in [-0.39, 0.29) is 19.4 Å². The zero-order valence-electron chi connectivity index (χ0n) is 28.4. The molecule has 5 saturated heterocycles. The molecule has 0 amide bonds. The summed E-state index contributed by atoms with van der Waals surface area (Å²) >= 11 is 3.66. The number of piperidine rings is 1. The van der Waals surface area contributed by atoms with Gasteiger partial charge in [-0.25, -0.2) is 18.9 Å². The number of methoxy groups -OCH3 is 1. The third kappa shape index (κ3) is 7.07. The van der Waals surface area contributed by atoms with Crippen molar-refractivity contribution in [2.45, 2.75) is 81.5 Å². The van der Waals surface area contributed by atoms with Gasteiger partial charge in [0.2, 0.25) is 5.88 Å². The molecule has 1 N–H and O–H groups in total.